The van der Waals surface area contributed by atoms with Gasteiger partial charge in [-0.05, 0) is 23.6 Å². The summed E-state index contributed by atoms with van der Waals surface area (Å²) in [6.45, 7) is 1.92. The molecule has 3 aromatic carbocycles. The molecule has 0 saturated heterocycles. The van der Waals surface area contributed by atoms with E-state index in [2.05, 4.69) is 0 Å². The topological polar surface area (TPSA) is 20.2 Å². The predicted octanol–water partition coefficient (Wildman–Crippen LogP) is 5.43. The van der Waals surface area contributed by atoms with E-state index in [4.69, 9.17) is 0 Å². The highest BCUT2D eigenvalue weighted by Crippen LogP contribution is 2.39. The summed E-state index contributed by atoms with van der Waals surface area (Å²) in [7, 11) is 0. The Morgan fingerprint density at radius 1 is 0.864 bits per heavy atom. The van der Waals surface area contributed by atoms with E-state index >= 15 is 4.39 Å². The maximum atomic E-state index is 15.2. The van der Waals surface area contributed by atoms with Crippen molar-refractivity contribution in [2.45, 2.75) is 13.3 Å². The molecule has 0 fully saturated rings. The fraction of sp³-hybridized carbons (Fsp3) is 0.100. The fourth-order valence-corrected chi connectivity index (χ4v) is 2.77. The molecule has 0 aliphatic rings. The first-order chi connectivity index (χ1) is 10.7. The molecule has 0 heterocycles. The van der Waals surface area contributed by atoms with Gasteiger partial charge in [0.1, 0.15) is 11.6 Å². The molecule has 22 heavy (non-hydrogen) atoms. The first kappa shape index (κ1) is 14.3. The summed E-state index contributed by atoms with van der Waals surface area (Å²) in [5, 5.41) is 10.4. The molecule has 2 heteroatoms. The Morgan fingerprint density at radius 3 is 1.95 bits per heavy atom. The first-order valence-electron chi connectivity index (χ1n) is 7.37. The Hall–Kier alpha value is -2.61. The minimum Gasteiger partial charge on any atom is -0.508 e. The largest absolute Gasteiger partial charge is 0.508 e. The van der Waals surface area contributed by atoms with Crippen LogP contribution < -0.4 is 0 Å². The number of hydrogen-bond donors (Lipinski definition) is 1. The molecule has 0 aromatic heterocycles. The van der Waals surface area contributed by atoms with E-state index in [9.17, 15) is 5.11 Å². The highest BCUT2D eigenvalue weighted by atomic mass is 19.1. The number of hydrogen-bond acceptors (Lipinski definition) is 1. The summed E-state index contributed by atoms with van der Waals surface area (Å²) in [6, 6.07) is 20.2. The molecule has 0 bridgehead atoms. The van der Waals surface area contributed by atoms with Crippen LogP contribution in [0.3, 0.4) is 0 Å². The van der Waals surface area contributed by atoms with Crippen molar-refractivity contribution in [2.24, 2.45) is 0 Å². The third-order valence-corrected chi connectivity index (χ3v) is 3.85. The molecule has 0 saturated carbocycles. The van der Waals surface area contributed by atoms with Crippen LogP contribution >= 0.6 is 0 Å². The van der Waals surface area contributed by atoms with Crippen LogP contribution in [0.4, 0.5) is 4.39 Å². The van der Waals surface area contributed by atoms with Gasteiger partial charge in [-0.1, -0.05) is 67.6 Å². The lowest BCUT2D eigenvalue weighted by Crippen LogP contribution is -1.97. The predicted molar refractivity (Wildman–Crippen MR) is 88.3 cm³/mol. The lowest BCUT2D eigenvalue weighted by atomic mass is 9.91. The van der Waals surface area contributed by atoms with Crippen molar-refractivity contribution in [3.63, 3.8) is 0 Å². The minimum absolute atomic E-state index is 0.140. The zero-order valence-corrected chi connectivity index (χ0v) is 12.4. The highest BCUT2D eigenvalue weighted by Gasteiger charge is 2.19. The average Bonchev–Trinajstić information content (AvgIpc) is 2.57. The van der Waals surface area contributed by atoms with Crippen molar-refractivity contribution >= 4 is 0 Å². The van der Waals surface area contributed by atoms with Crippen molar-refractivity contribution in [3.8, 4) is 28.0 Å². The lowest BCUT2D eigenvalue weighted by molar-refractivity contribution is 0.467. The van der Waals surface area contributed by atoms with Crippen LogP contribution in [0.1, 0.15) is 12.5 Å². The van der Waals surface area contributed by atoms with Crippen LogP contribution in [0.2, 0.25) is 0 Å². The third-order valence-electron chi connectivity index (χ3n) is 3.85. The number of rotatable bonds is 3. The molecule has 0 radical (unpaired) electrons. The lowest BCUT2D eigenvalue weighted by Gasteiger charge is -2.15. The van der Waals surface area contributed by atoms with Crippen LogP contribution in [0.25, 0.3) is 22.3 Å². The number of aromatic hydroxyl groups is 1. The van der Waals surface area contributed by atoms with Crippen LogP contribution in [-0.4, -0.2) is 5.11 Å². The maximum absolute atomic E-state index is 15.2. The second-order valence-electron chi connectivity index (χ2n) is 5.20. The van der Waals surface area contributed by atoms with E-state index in [1.54, 1.807) is 0 Å². The zero-order chi connectivity index (χ0) is 15.5. The zero-order valence-electron chi connectivity index (χ0n) is 12.4. The summed E-state index contributed by atoms with van der Waals surface area (Å²) in [5.41, 5.74) is 3.10. The summed E-state index contributed by atoms with van der Waals surface area (Å²) >= 11 is 0. The van der Waals surface area contributed by atoms with Gasteiger partial charge >= 0.3 is 0 Å². The van der Waals surface area contributed by atoms with Crippen LogP contribution in [0.5, 0.6) is 5.75 Å². The van der Waals surface area contributed by atoms with Gasteiger partial charge < -0.3 is 5.11 Å². The first-order valence-corrected chi connectivity index (χ1v) is 7.37. The van der Waals surface area contributed by atoms with E-state index < -0.39 is 0 Å². The number of benzene rings is 3. The van der Waals surface area contributed by atoms with Crippen molar-refractivity contribution in [1.29, 1.82) is 0 Å². The van der Waals surface area contributed by atoms with Crippen LogP contribution in [0, 0.1) is 5.82 Å². The molecule has 0 aliphatic carbocycles. The Bertz CT molecular complexity index is 780. The smallest absolute Gasteiger partial charge is 0.139 e. The number of halogens is 1. The van der Waals surface area contributed by atoms with Crippen LogP contribution in [-0.2, 0) is 6.42 Å². The molecule has 1 N–H and O–H groups in total. The summed E-state index contributed by atoms with van der Waals surface area (Å²) < 4.78 is 15.2. The van der Waals surface area contributed by atoms with Gasteiger partial charge in [-0.2, -0.15) is 0 Å². The molecule has 0 unspecified atom stereocenters. The van der Waals surface area contributed by atoms with Crippen LogP contribution in [0.15, 0.2) is 66.7 Å². The Morgan fingerprint density at radius 2 is 1.41 bits per heavy atom. The number of phenolic OH excluding ortho intramolecular Hbond substituents is 1. The Kier molecular flexibility index (Phi) is 3.92. The molecule has 0 spiro atoms. The quantitative estimate of drug-likeness (QED) is 0.682. The molecule has 3 rings (SSSR count). The van der Waals surface area contributed by atoms with Crippen molar-refractivity contribution in [2.75, 3.05) is 0 Å². The molecule has 0 amide bonds. The van der Waals surface area contributed by atoms with Crippen molar-refractivity contribution in [3.05, 3.63) is 78.1 Å². The SMILES string of the molecule is CCc1c(O)cc(-c2ccccc2)c(F)c1-c1ccccc1. The molecule has 0 aliphatic heterocycles. The van der Waals surface area contributed by atoms with Gasteiger partial charge in [0.15, 0.2) is 0 Å². The Labute approximate surface area is 129 Å². The highest BCUT2D eigenvalue weighted by molar-refractivity contribution is 5.79. The van der Waals surface area contributed by atoms with Gasteiger partial charge in [0.25, 0.3) is 0 Å². The van der Waals surface area contributed by atoms with Gasteiger partial charge in [0.2, 0.25) is 0 Å². The fourth-order valence-electron chi connectivity index (χ4n) is 2.77. The number of phenols is 1. The molecular formula is C20H17FO. The molecular weight excluding hydrogens is 275 g/mol. The summed E-state index contributed by atoms with van der Waals surface area (Å²) in [4.78, 5) is 0. The van der Waals surface area contributed by atoms with Gasteiger partial charge in [0, 0.05) is 16.7 Å². The minimum atomic E-state index is -0.285. The van der Waals surface area contributed by atoms with Crippen molar-refractivity contribution in [1.82, 2.24) is 0 Å². The normalized spacial score (nSPS) is 10.6. The average molecular weight is 292 g/mol. The molecule has 0 atom stereocenters. The van der Waals surface area contributed by atoms with Gasteiger partial charge in [0.05, 0.1) is 0 Å². The van der Waals surface area contributed by atoms with E-state index in [1.165, 1.54) is 6.07 Å². The van der Waals surface area contributed by atoms with Gasteiger partial charge in [-0.25, -0.2) is 4.39 Å². The maximum Gasteiger partial charge on any atom is 0.139 e. The summed E-state index contributed by atoms with van der Waals surface area (Å²) in [6.07, 6.45) is 0.571. The second kappa shape index (κ2) is 6.02. The van der Waals surface area contributed by atoms with Gasteiger partial charge in [-0.3, -0.25) is 0 Å². The van der Waals surface area contributed by atoms with E-state index in [1.807, 2.05) is 67.6 Å². The van der Waals surface area contributed by atoms with Gasteiger partial charge in [-0.15, -0.1) is 0 Å². The molecule has 110 valence electrons. The van der Waals surface area contributed by atoms with E-state index in [0.717, 1.165) is 11.1 Å². The standard InChI is InChI=1S/C20H17FO/c1-2-16-18(22)13-17(14-9-5-3-6-10-14)20(21)19(16)15-11-7-4-8-12-15/h3-13,22H,2H2,1H3. The van der Waals surface area contributed by atoms with E-state index in [-0.39, 0.29) is 11.6 Å². The third kappa shape index (κ3) is 2.48. The summed E-state index contributed by atoms with van der Waals surface area (Å²) in [5.74, 6) is -0.145. The molecule has 3 aromatic rings. The van der Waals surface area contributed by atoms with Crippen molar-refractivity contribution < 1.29 is 9.50 Å². The molecule has 1 nitrogen and oxygen atoms in total. The van der Waals surface area contributed by atoms with E-state index in [0.29, 0.717) is 23.1 Å². The Balaban J connectivity index is 2.30. The monoisotopic (exact) mass is 292 g/mol. The second-order valence-corrected chi connectivity index (χ2v) is 5.20.